The number of hydrogen-bond donors (Lipinski definition) is 1. The van der Waals surface area contributed by atoms with Gasteiger partial charge in [0.1, 0.15) is 0 Å². The molecule has 1 aliphatic carbocycles. The van der Waals surface area contributed by atoms with E-state index < -0.39 is 0 Å². The zero-order valence-corrected chi connectivity index (χ0v) is 10.3. The van der Waals surface area contributed by atoms with Crippen LogP contribution >= 0.6 is 0 Å². The second-order valence-electron chi connectivity index (χ2n) is 4.51. The predicted molar refractivity (Wildman–Crippen MR) is 69.6 cm³/mol. The van der Waals surface area contributed by atoms with E-state index in [1.54, 1.807) is 6.08 Å². The molecule has 1 atom stereocenters. The molecule has 0 saturated heterocycles. The van der Waals surface area contributed by atoms with E-state index in [0.29, 0.717) is 12.5 Å². The van der Waals surface area contributed by atoms with Gasteiger partial charge in [0.2, 0.25) is 0 Å². The Hall–Kier alpha value is -1.57. The molecule has 0 spiro atoms. The molecule has 90 valence electrons. The summed E-state index contributed by atoms with van der Waals surface area (Å²) in [6.07, 6.45) is 5.47. The van der Waals surface area contributed by atoms with E-state index in [-0.39, 0.29) is 5.78 Å². The van der Waals surface area contributed by atoms with E-state index in [9.17, 15) is 4.79 Å². The first-order valence-electron chi connectivity index (χ1n) is 6.34. The molecule has 0 saturated carbocycles. The second-order valence-corrected chi connectivity index (χ2v) is 4.51. The summed E-state index contributed by atoms with van der Waals surface area (Å²) >= 11 is 0. The van der Waals surface area contributed by atoms with Crippen LogP contribution < -0.4 is 5.32 Å². The van der Waals surface area contributed by atoms with Crippen molar-refractivity contribution in [1.29, 1.82) is 0 Å². The van der Waals surface area contributed by atoms with E-state index in [4.69, 9.17) is 0 Å². The SMILES string of the molecule is CCC(NC1=CC(=O)CCC1)c1ccccc1. The van der Waals surface area contributed by atoms with Crippen LogP contribution in [0.5, 0.6) is 0 Å². The quantitative estimate of drug-likeness (QED) is 0.857. The fourth-order valence-corrected chi connectivity index (χ4v) is 2.24. The lowest BCUT2D eigenvalue weighted by atomic mass is 10.00. The van der Waals surface area contributed by atoms with Gasteiger partial charge in [-0.2, -0.15) is 0 Å². The summed E-state index contributed by atoms with van der Waals surface area (Å²) in [6, 6.07) is 10.7. The second kappa shape index (κ2) is 5.67. The van der Waals surface area contributed by atoms with Crippen LogP contribution in [0.1, 0.15) is 44.2 Å². The molecule has 0 aromatic heterocycles. The standard InChI is InChI=1S/C15H19NO/c1-2-15(12-7-4-3-5-8-12)16-13-9-6-10-14(17)11-13/h3-5,7-8,11,15-16H,2,6,9-10H2,1H3. The average molecular weight is 229 g/mol. The van der Waals surface area contributed by atoms with Gasteiger partial charge < -0.3 is 5.32 Å². The zero-order chi connectivity index (χ0) is 12.1. The number of carbonyl (C=O) groups excluding carboxylic acids is 1. The van der Waals surface area contributed by atoms with Gasteiger partial charge in [0.25, 0.3) is 0 Å². The molecule has 1 aliphatic rings. The van der Waals surface area contributed by atoms with Crippen LogP contribution in [0.4, 0.5) is 0 Å². The largest absolute Gasteiger partial charge is 0.381 e. The van der Waals surface area contributed by atoms with Gasteiger partial charge in [0.15, 0.2) is 5.78 Å². The molecule has 0 bridgehead atoms. The lowest BCUT2D eigenvalue weighted by Gasteiger charge is -2.22. The summed E-state index contributed by atoms with van der Waals surface area (Å²) in [5, 5.41) is 3.49. The van der Waals surface area contributed by atoms with Gasteiger partial charge in [-0.25, -0.2) is 0 Å². The van der Waals surface area contributed by atoms with Gasteiger partial charge in [0.05, 0.1) is 6.04 Å². The first-order valence-corrected chi connectivity index (χ1v) is 6.34. The Morgan fingerprint density at radius 2 is 2.00 bits per heavy atom. The normalized spacial score (nSPS) is 17.5. The molecule has 2 nitrogen and oxygen atoms in total. The predicted octanol–water partition coefficient (Wildman–Crippen LogP) is 3.36. The van der Waals surface area contributed by atoms with E-state index in [0.717, 1.165) is 25.0 Å². The van der Waals surface area contributed by atoms with Crippen molar-refractivity contribution in [1.82, 2.24) is 5.32 Å². The molecule has 0 fully saturated rings. The Bertz CT molecular complexity index is 408. The van der Waals surface area contributed by atoms with Gasteiger partial charge >= 0.3 is 0 Å². The molecule has 1 N–H and O–H groups in total. The average Bonchev–Trinajstić information content (AvgIpc) is 2.37. The minimum Gasteiger partial charge on any atom is -0.381 e. The minimum atomic E-state index is 0.252. The molecule has 1 aromatic rings. The molecule has 1 aromatic carbocycles. The van der Waals surface area contributed by atoms with Gasteiger partial charge in [-0.1, -0.05) is 37.3 Å². The van der Waals surface area contributed by atoms with Gasteiger partial charge in [-0.15, -0.1) is 0 Å². The maximum absolute atomic E-state index is 11.4. The van der Waals surface area contributed by atoms with Crippen molar-refractivity contribution in [2.24, 2.45) is 0 Å². The highest BCUT2D eigenvalue weighted by atomic mass is 16.1. The Morgan fingerprint density at radius 3 is 2.65 bits per heavy atom. The number of ketones is 1. The molecule has 0 radical (unpaired) electrons. The number of hydrogen-bond acceptors (Lipinski definition) is 2. The van der Waals surface area contributed by atoms with Crippen LogP contribution in [0, 0.1) is 0 Å². The monoisotopic (exact) mass is 229 g/mol. The van der Waals surface area contributed by atoms with Gasteiger partial charge in [-0.05, 0) is 24.8 Å². The molecule has 17 heavy (non-hydrogen) atoms. The van der Waals surface area contributed by atoms with Crippen molar-refractivity contribution in [3.05, 3.63) is 47.7 Å². The summed E-state index contributed by atoms with van der Waals surface area (Å²) in [5.41, 5.74) is 2.38. The molecule has 2 rings (SSSR count). The summed E-state index contributed by atoms with van der Waals surface area (Å²) in [7, 11) is 0. The number of nitrogens with one attached hydrogen (secondary N) is 1. The van der Waals surface area contributed by atoms with Crippen LogP contribution in [-0.4, -0.2) is 5.78 Å². The molecule has 0 heterocycles. The fourth-order valence-electron chi connectivity index (χ4n) is 2.24. The van der Waals surface area contributed by atoms with Crippen molar-refractivity contribution in [2.75, 3.05) is 0 Å². The summed E-state index contributed by atoms with van der Waals surface area (Å²) in [5.74, 6) is 0.252. The third-order valence-corrected chi connectivity index (χ3v) is 3.17. The lowest BCUT2D eigenvalue weighted by molar-refractivity contribution is -0.115. The van der Waals surface area contributed by atoms with E-state index in [2.05, 4.69) is 36.5 Å². The van der Waals surface area contributed by atoms with Crippen LogP contribution in [0.2, 0.25) is 0 Å². The molecule has 0 aliphatic heterocycles. The number of benzene rings is 1. The number of carbonyl (C=O) groups is 1. The van der Waals surface area contributed by atoms with Crippen LogP contribution in [0.3, 0.4) is 0 Å². The highest BCUT2D eigenvalue weighted by molar-refractivity contribution is 5.91. The van der Waals surface area contributed by atoms with Crippen LogP contribution in [0.25, 0.3) is 0 Å². The van der Waals surface area contributed by atoms with Crippen molar-refractivity contribution in [3.8, 4) is 0 Å². The van der Waals surface area contributed by atoms with Crippen LogP contribution in [0.15, 0.2) is 42.1 Å². The minimum absolute atomic E-state index is 0.252. The number of rotatable bonds is 4. The van der Waals surface area contributed by atoms with Crippen molar-refractivity contribution in [2.45, 2.75) is 38.6 Å². The van der Waals surface area contributed by atoms with Gasteiger partial charge in [0, 0.05) is 18.2 Å². The first-order chi connectivity index (χ1) is 8.29. The van der Waals surface area contributed by atoms with E-state index >= 15 is 0 Å². The molecule has 1 unspecified atom stereocenters. The van der Waals surface area contributed by atoms with E-state index in [1.807, 2.05) is 6.07 Å². The summed E-state index contributed by atoms with van der Waals surface area (Å²) < 4.78 is 0. The molecule has 0 amide bonds. The Balaban J connectivity index is 2.08. The highest BCUT2D eigenvalue weighted by Crippen LogP contribution is 2.21. The van der Waals surface area contributed by atoms with Crippen molar-refractivity contribution < 1.29 is 4.79 Å². The third kappa shape index (κ3) is 3.19. The summed E-state index contributed by atoms with van der Waals surface area (Å²) in [6.45, 7) is 2.16. The zero-order valence-electron chi connectivity index (χ0n) is 10.3. The van der Waals surface area contributed by atoms with Crippen molar-refractivity contribution in [3.63, 3.8) is 0 Å². The van der Waals surface area contributed by atoms with Gasteiger partial charge in [-0.3, -0.25) is 4.79 Å². The van der Waals surface area contributed by atoms with Crippen molar-refractivity contribution >= 4 is 5.78 Å². The van der Waals surface area contributed by atoms with E-state index in [1.165, 1.54) is 5.56 Å². The Kier molecular flexibility index (Phi) is 3.97. The molecule has 2 heteroatoms. The summed E-state index contributed by atoms with van der Waals surface area (Å²) in [4.78, 5) is 11.4. The number of allylic oxidation sites excluding steroid dienone is 2. The molecular weight excluding hydrogens is 210 g/mol. The maximum atomic E-state index is 11.4. The Labute approximate surface area is 103 Å². The topological polar surface area (TPSA) is 29.1 Å². The first kappa shape index (κ1) is 11.9. The maximum Gasteiger partial charge on any atom is 0.157 e. The lowest BCUT2D eigenvalue weighted by Crippen LogP contribution is -2.22. The molecular formula is C15H19NO. The van der Waals surface area contributed by atoms with Crippen LogP contribution in [-0.2, 0) is 4.79 Å². The third-order valence-electron chi connectivity index (χ3n) is 3.17. The Morgan fingerprint density at radius 1 is 1.24 bits per heavy atom. The fraction of sp³-hybridized carbons (Fsp3) is 0.400. The highest BCUT2D eigenvalue weighted by Gasteiger charge is 2.14. The smallest absolute Gasteiger partial charge is 0.157 e.